The van der Waals surface area contributed by atoms with Crippen molar-refractivity contribution < 1.29 is 29.2 Å². The Hall–Kier alpha value is -3.42. The molecule has 8 nitrogen and oxygen atoms in total. The van der Waals surface area contributed by atoms with Crippen LogP contribution in [0, 0.1) is 0 Å². The largest absolute Gasteiger partial charge is 0.504 e. The fraction of sp³-hybridized carbons (Fsp3) is 0.222. The van der Waals surface area contributed by atoms with E-state index in [2.05, 4.69) is 10.5 Å². The number of hydrogen-bond acceptors (Lipinski definition) is 7. The lowest BCUT2D eigenvalue weighted by Gasteiger charge is -2.09. The van der Waals surface area contributed by atoms with Crippen molar-refractivity contribution in [1.29, 1.82) is 0 Å². The summed E-state index contributed by atoms with van der Waals surface area (Å²) in [7, 11) is 4.42. The maximum absolute atomic E-state index is 12.0. The number of ether oxygens (including phenoxy) is 3. The van der Waals surface area contributed by atoms with Gasteiger partial charge in [0.2, 0.25) is 11.7 Å². The highest BCUT2D eigenvalue weighted by Crippen LogP contribution is 2.35. The van der Waals surface area contributed by atoms with Crippen LogP contribution in [0.3, 0.4) is 0 Å². The van der Waals surface area contributed by atoms with E-state index in [1.165, 1.54) is 39.7 Å². The standard InChI is InChI=1S/C18H20N2O6/c1-24-14-5-4-11(7-15(14)25-2)9-17(22)20-19-10-12-6-13(21)18(23)16(8-12)26-3/h4-8,10,21,23H,9H2,1-3H3,(H,20,22)/b19-10+. The van der Waals surface area contributed by atoms with E-state index in [0.717, 1.165) is 5.56 Å². The molecular formula is C18H20N2O6. The summed E-state index contributed by atoms with van der Waals surface area (Å²) in [6.07, 6.45) is 1.43. The van der Waals surface area contributed by atoms with Crippen LogP contribution < -0.4 is 19.6 Å². The van der Waals surface area contributed by atoms with Gasteiger partial charge in [-0.3, -0.25) is 4.79 Å². The lowest BCUT2D eigenvalue weighted by Crippen LogP contribution is -2.19. The molecule has 2 aromatic carbocycles. The fourth-order valence-electron chi connectivity index (χ4n) is 2.24. The third-order valence-corrected chi connectivity index (χ3v) is 3.51. The number of carbonyl (C=O) groups excluding carboxylic acids is 1. The molecule has 0 aromatic heterocycles. The van der Waals surface area contributed by atoms with Crippen molar-refractivity contribution in [3.8, 4) is 28.7 Å². The monoisotopic (exact) mass is 360 g/mol. The van der Waals surface area contributed by atoms with Crippen molar-refractivity contribution in [2.75, 3.05) is 21.3 Å². The second kappa shape index (κ2) is 8.61. The van der Waals surface area contributed by atoms with Crippen molar-refractivity contribution >= 4 is 12.1 Å². The van der Waals surface area contributed by atoms with Crippen LogP contribution in [0.25, 0.3) is 0 Å². The molecule has 0 unspecified atom stereocenters. The minimum atomic E-state index is -0.359. The zero-order chi connectivity index (χ0) is 19.1. The first-order valence-corrected chi connectivity index (χ1v) is 7.61. The maximum Gasteiger partial charge on any atom is 0.244 e. The van der Waals surface area contributed by atoms with E-state index in [1.807, 2.05) is 0 Å². The van der Waals surface area contributed by atoms with Crippen molar-refractivity contribution in [3.63, 3.8) is 0 Å². The second-order valence-electron chi connectivity index (χ2n) is 5.25. The van der Waals surface area contributed by atoms with Crippen LogP contribution in [-0.2, 0) is 11.2 Å². The normalized spacial score (nSPS) is 10.6. The van der Waals surface area contributed by atoms with Gasteiger partial charge in [-0.1, -0.05) is 6.07 Å². The minimum Gasteiger partial charge on any atom is -0.504 e. The van der Waals surface area contributed by atoms with E-state index < -0.39 is 0 Å². The average molecular weight is 360 g/mol. The van der Waals surface area contributed by atoms with E-state index in [-0.39, 0.29) is 29.6 Å². The van der Waals surface area contributed by atoms with Gasteiger partial charge in [0.05, 0.1) is 34.0 Å². The summed E-state index contributed by atoms with van der Waals surface area (Å²) in [4.78, 5) is 12.0. The molecule has 0 heterocycles. The first-order chi connectivity index (χ1) is 12.5. The maximum atomic E-state index is 12.0. The van der Waals surface area contributed by atoms with Gasteiger partial charge in [-0.15, -0.1) is 0 Å². The van der Waals surface area contributed by atoms with Gasteiger partial charge in [0.25, 0.3) is 0 Å². The summed E-state index contributed by atoms with van der Waals surface area (Å²) in [6, 6.07) is 7.95. The molecule has 8 heteroatoms. The van der Waals surface area contributed by atoms with E-state index in [9.17, 15) is 15.0 Å². The van der Waals surface area contributed by atoms with E-state index in [4.69, 9.17) is 14.2 Å². The molecule has 1 amide bonds. The van der Waals surface area contributed by atoms with E-state index >= 15 is 0 Å². The number of hydrazone groups is 1. The van der Waals surface area contributed by atoms with Gasteiger partial charge in [0, 0.05) is 5.56 Å². The van der Waals surface area contributed by atoms with Crippen LogP contribution >= 0.6 is 0 Å². The van der Waals surface area contributed by atoms with Crippen LogP contribution in [0.15, 0.2) is 35.4 Å². The number of nitrogens with zero attached hydrogens (tertiary/aromatic N) is 1. The molecule has 138 valence electrons. The van der Waals surface area contributed by atoms with Crippen molar-refractivity contribution in [2.24, 2.45) is 5.10 Å². The highest BCUT2D eigenvalue weighted by Gasteiger charge is 2.09. The molecule has 0 aliphatic heterocycles. The molecule has 0 saturated carbocycles. The van der Waals surface area contributed by atoms with Gasteiger partial charge in [-0.05, 0) is 29.8 Å². The molecule has 0 radical (unpaired) electrons. The topological polar surface area (TPSA) is 110 Å². The summed E-state index contributed by atoms with van der Waals surface area (Å²) in [6.45, 7) is 0. The molecule has 0 saturated heterocycles. The molecule has 0 bridgehead atoms. The predicted octanol–water partition coefficient (Wildman–Crippen LogP) is 1.82. The van der Waals surface area contributed by atoms with Gasteiger partial charge in [-0.25, -0.2) is 5.43 Å². The summed E-state index contributed by atoms with van der Waals surface area (Å²) in [5.74, 6) is 0.180. The number of phenolic OH excluding ortho intramolecular Hbond substituents is 2. The Bertz CT molecular complexity index is 820. The molecule has 0 spiro atoms. The lowest BCUT2D eigenvalue weighted by molar-refractivity contribution is -0.120. The molecule has 3 N–H and O–H groups in total. The first-order valence-electron chi connectivity index (χ1n) is 7.61. The first kappa shape index (κ1) is 18.9. The van der Waals surface area contributed by atoms with Gasteiger partial charge >= 0.3 is 0 Å². The van der Waals surface area contributed by atoms with Gasteiger partial charge in [0.1, 0.15) is 0 Å². The highest BCUT2D eigenvalue weighted by molar-refractivity contribution is 5.84. The highest BCUT2D eigenvalue weighted by atomic mass is 16.5. The van der Waals surface area contributed by atoms with Crippen LogP contribution in [0.4, 0.5) is 0 Å². The second-order valence-corrected chi connectivity index (χ2v) is 5.25. The third kappa shape index (κ3) is 4.56. The van der Waals surface area contributed by atoms with Crippen molar-refractivity contribution in [1.82, 2.24) is 5.43 Å². The SMILES string of the molecule is COc1ccc(CC(=O)N/N=C/c2cc(O)c(O)c(OC)c2)cc1OC. The summed E-state index contributed by atoms with van der Waals surface area (Å²) in [5.41, 5.74) is 3.57. The van der Waals surface area contributed by atoms with Crippen LogP contribution in [0.5, 0.6) is 28.7 Å². The van der Waals surface area contributed by atoms with Crippen LogP contribution in [0.2, 0.25) is 0 Å². The fourth-order valence-corrected chi connectivity index (χ4v) is 2.24. The molecule has 26 heavy (non-hydrogen) atoms. The molecule has 2 rings (SSSR count). The number of phenols is 2. The van der Waals surface area contributed by atoms with Gasteiger partial charge < -0.3 is 24.4 Å². The van der Waals surface area contributed by atoms with Crippen LogP contribution in [-0.4, -0.2) is 43.7 Å². The number of hydrogen-bond donors (Lipinski definition) is 3. The predicted molar refractivity (Wildman–Crippen MR) is 95.3 cm³/mol. The zero-order valence-corrected chi connectivity index (χ0v) is 14.6. The Balaban J connectivity index is 2.01. The summed E-state index contributed by atoms with van der Waals surface area (Å²) >= 11 is 0. The number of rotatable bonds is 7. The lowest BCUT2D eigenvalue weighted by atomic mass is 10.1. The Labute approximate surface area is 150 Å². The number of carbonyl (C=O) groups is 1. The Kier molecular flexibility index (Phi) is 6.26. The number of benzene rings is 2. The summed E-state index contributed by atoms with van der Waals surface area (Å²) < 4.78 is 15.3. The average Bonchev–Trinajstić information content (AvgIpc) is 2.64. The van der Waals surface area contributed by atoms with E-state index in [1.54, 1.807) is 18.2 Å². The van der Waals surface area contributed by atoms with Gasteiger partial charge in [0.15, 0.2) is 23.0 Å². The van der Waals surface area contributed by atoms with Gasteiger partial charge in [-0.2, -0.15) is 5.10 Å². The number of amides is 1. The zero-order valence-electron chi connectivity index (χ0n) is 14.6. The molecule has 0 aliphatic rings. The summed E-state index contributed by atoms with van der Waals surface area (Å²) in [5, 5.41) is 23.0. The molecule has 2 aromatic rings. The quantitative estimate of drug-likeness (QED) is 0.395. The number of methoxy groups -OCH3 is 3. The van der Waals surface area contributed by atoms with E-state index in [0.29, 0.717) is 17.1 Å². The Morgan fingerprint density at radius 2 is 1.73 bits per heavy atom. The van der Waals surface area contributed by atoms with Crippen molar-refractivity contribution in [3.05, 3.63) is 41.5 Å². The minimum absolute atomic E-state index is 0.0991. The molecule has 0 aliphatic carbocycles. The molecule has 0 atom stereocenters. The Morgan fingerprint density at radius 1 is 1.04 bits per heavy atom. The van der Waals surface area contributed by atoms with Crippen molar-refractivity contribution in [2.45, 2.75) is 6.42 Å². The smallest absolute Gasteiger partial charge is 0.244 e. The number of nitrogens with one attached hydrogen (secondary N) is 1. The van der Waals surface area contributed by atoms with Crippen LogP contribution in [0.1, 0.15) is 11.1 Å². The third-order valence-electron chi connectivity index (χ3n) is 3.51. The number of aromatic hydroxyl groups is 2. The molecular weight excluding hydrogens is 340 g/mol. The molecule has 0 fully saturated rings. The Morgan fingerprint density at radius 3 is 2.38 bits per heavy atom.